The van der Waals surface area contributed by atoms with Gasteiger partial charge in [0.2, 0.25) is 5.91 Å². The first kappa shape index (κ1) is 19.9. The van der Waals surface area contributed by atoms with Crippen LogP contribution in [0.3, 0.4) is 0 Å². The molecule has 0 aliphatic heterocycles. The van der Waals surface area contributed by atoms with Crippen molar-refractivity contribution in [2.75, 3.05) is 19.7 Å². The van der Waals surface area contributed by atoms with Crippen LogP contribution >= 0.6 is 0 Å². The summed E-state index contributed by atoms with van der Waals surface area (Å²) < 4.78 is 5.53. The lowest BCUT2D eigenvalue weighted by atomic mass is 9.47. The third kappa shape index (κ3) is 4.04. The number of rotatable bonds is 7. The fraction of sp³-hybridized carbons (Fsp3) is 0.762. The Morgan fingerprint density at radius 3 is 2.30 bits per heavy atom. The molecule has 0 aromatic heterocycles. The first-order chi connectivity index (χ1) is 12.7. The summed E-state index contributed by atoms with van der Waals surface area (Å²) >= 11 is 0. The van der Waals surface area contributed by atoms with Gasteiger partial charge in [0.05, 0.1) is 5.41 Å². The van der Waals surface area contributed by atoms with Gasteiger partial charge in [0.1, 0.15) is 0 Å². The summed E-state index contributed by atoms with van der Waals surface area (Å²) in [6.07, 6.45) is 5.33. The largest absolute Gasteiger partial charge is 0.455 e. The Hall–Kier alpha value is -1.85. The molecule has 4 aliphatic carbocycles. The van der Waals surface area contributed by atoms with Gasteiger partial charge in [-0.2, -0.15) is 0 Å². The van der Waals surface area contributed by atoms with Crippen molar-refractivity contribution in [2.45, 2.75) is 64.8 Å². The zero-order valence-corrected chi connectivity index (χ0v) is 16.8. The van der Waals surface area contributed by atoms with Crippen molar-refractivity contribution in [2.24, 2.45) is 17.3 Å². The number of carbonyl (C=O) groups is 3. The molecule has 0 heterocycles. The highest BCUT2D eigenvalue weighted by Gasteiger charge is 2.61. The van der Waals surface area contributed by atoms with Crippen LogP contribution in [-0.4, -0.2) is 47.9 Å². The normalized spacial score (nSPS) is 33.4. The van der Waals surface area contributed by atoms with Crippen LogP contribution in [0, 0.1) is 17.3 Å². The van der Waals surface area contributed by atoms with Crippen molar-refractivity contribution in [3.05, 3.63) is 12.2 Å². The van der Waals surface area contributed by atoms with E-state index in [0.717, 1.165) is 37.7 Å². The van der Waals surface area contributed by atoms with E-state index in [9.17, 15) is 14.4 Å². The highest BCUT2D eigenvalue weighted by molar-refractivity contribution is 5.83. The standard InChI is InChI=1S/C21H32N2O4/c1-5-23(11-14(2)3)18(25)12-27-19(26)20-7-16-6-17(8-20)10-21(9-16,13-20)22-15(4)24/h16-17H,2,5-13H2,1,3-4H3,(H,22,24)/t16-,17-,20?,21?/m1/s1. The molecule has 4 saturated carbocycles. The Morgan fingerprint density at radius 2 is 1.78 bits per heavy atom. The molecular weight excluding hydrogens is 344 g/mol. The highest BCUT2D eigenvalue weighted by atomic mass is 16.5. The van der Waals surface area contributed by atoms with E-state index in [2.05, 4.69) is 11.9 Å². The predicted octanol–water partition coefficient (Wildman–Crippen LogP) is 2.43. The fourth-order valence-corrected chi connectivity index (χ4v) is 6.09. The molecule has 0 radical (unpaired) electrons. The van der Waals surface area contributed by atoms with Crippen molar-refractivity contribution in [3.63, 3.8) is 0 Å². The maximum atomic E-state index is 13.0. The first-order valence-electron chi connectivity index (χ1n) is 10.0. The Bertz CT molecular complexity index is 643. The van der Waals surface area contributed by atoms with E-state index < -0.39 is 5.41 Å². The molecule has 0 spiro atoms. The second-order valence-corrected chi connectivity index (χ2v) is 9.14. The average molecular weight is 376 g/mol. The van der Waals surface area contributed by atoms with Gasteiger partial charge in [-0.05, 0) is 64.2 Å². The molecule has 27 heavy (non-hydrogen) atoms. The Morgan fingerprint density at radius 1 is 1.15 bits per heavy atom. The van der Waals surface area contributed by atoms with E-state index in [4.69, 9.17) is 4.74 Å². The smallest absolute Gasteiger partial charge is 0.312 e. The Labute approximate surface area is 161 Å². The quantitative estimate of drug-likeness (QED) is 0.547. The molecule has 0 aromatic carbocycles. The molecular formula is C21H32N2O4. The minimum Gasteiger partial charge on any atom is -0.455 e. The molecule has 2 atom stereocenters. The zero-order chi connectivity index (χ0) is 19.8. The number of amides is 2. The number of carbonyl (C=O) groups excluding carboxylic acids is 3. The van der Waals surface area contributed by atoms with Gasteiger partial charge < -0.3 is 15.0 Å². The monoisotopic (exact) mass is 376 g/mol. The molecule has 150 valence electrons. The minimum atomic E-state index is -0.543. The number of nitrogens with zero attached hydrogens (tertiary/aromatic N) is 1. The summed E-state index contributed by atoms with van der Waals surface area (Å²) in [7, 11) is 0. The molecule has 0 saturated heterocycles. The molecule has 6 heteroatoms. The van der Waals surface area contributed by atoms with E-state index in [-0.39, 0.29) is 29.9 Å². The maximum absolute atomic E-state index is 13.0. The summed E-state index contributed by atoms with van der Waals surface area (Å²) in [4.78, 5) is 38.8. The lowest BCUT2D eigenvalue weighted by Crippen LogP contribution is -2.64. The van der Waals surface area contributed by atoms with Crippen LogP contribution in [-0.2, 0) is 19.1 Å². The first-order valence-corrected chi connectivity index (χ1v) is 10.0. The zero-order valence-electron chi connectivity index (χ0n) is 16.8. The lowest BCUT2D eigenvalue weighted by molar-refractivity contribution is -0.178. The molecule has 4 bridgehead atoms. The van der Waals surface area contributed by atoms with Gasteiger partial charge in [-0.25, -0.2) is 0 Å². The van der Waals surface area contributed by atoms with Gasteiger partial charge in [0.15, 0.2) is 6.61 Å². The van der Waals surface area contributed by atoms with Crippen molar-refractivity contribution >= 4 is 17.8 Å². The second-order valence-electron chi connectivity index (χ2n) is 9.14. The number of nitrogens with one attached hydrogen (secondary N) is 1. The lowest BCUT2D eigenvalue weighted by Gasteiger charge is -2.60. The predicted molar refractivity (Wildman–Crippen MR) is 102 cm³/mol. The van der Waals surface area contributed by atoms with Crippen LogP contribution < -0.4 is 5.32 Å². The van der Waals surface area contributed by atoms with Crippen LogP contribution in [0.2, 0.25) is 0 Å². The van der Waals surface area contributed by atoms with E-state index in [1.165, 1.54) is 0 Å². The summed E-state index contributed by atoms with van der Waals surface area (Å²) in [6, 6.07) is 0. The van der Waals surface area contributed by atoms with Gasteiger partial charge >= 0.3 is 5.97 Å². The Kier molecular flexibility index (Phi) is 5.37. The minimum absolute atomic E-state index is 0.0333. The van der Waals surface area contributed by atoms with Gasteiger partial charge in [-0.1, -0.05) is 12.2 Å². The van der Waals surface area contributed by atoms with Crippen molar-refractivity contribution in [1.29, 1.82) is 0 Å². The van der Waals surface area contributed by atoms with Crippen LogP contribution in [0.4, 0.5) is 0 Å². The molecule has 0 aromatic rings. The average Bonchev–Trinajstić information content (AvgIpc) is 2.54. The number of hydrogen-bond acceptors (Lipinski definition) is 4. The third-order valence-corrected chi connectivity index (χ3v) is 6.46. The molecule has 4 rings (SSSR count). The topological polar surface area (TPSA) is 75.7 Å². The van der Waals surface area contributed by atoms with Crippen molar-refractivity contribution < 1.29 is 19.1 Å². The van der Waals surface area contributed by atoms with Gasteiger partial charge in [0, 0.05) is 25.6 Å². The number of ether oxygens (including phenoxy) is 1. The molecule has 0 unspecified atom stereocenters. The van der Waals surface area contributed by atoms with Crippen LogP contribution in [0.25, 0.3) is 0 Å². The molecule has 4 aliphatic rings. The van der Waals surface area contributed by atoms with Crippen LogP contribution in [0.15, 0.2) is 12.2 Å². The number of esters is 1. The van der Waals surface area contributed by atoms with E-state index in [1.54, 1.807) is 11.8 Å². The number of likely N-dealkylation sites (N-methyl/N-ethyl adjacent to an activating group) is 1. The Balaban J connectivity index is 1.66. The fourth-order valence-electron chi connectivity index (χ4n) is 6.09. The highest BCUT2D eigenvalue weighted by Crippen LogP contribution is 2.62. The van der Waals surface area contributed by atoms with Gasteiger partial charge in [0.25, 0.3) is 5.91 Å². The van der Waals surface area contributed by atoms with Crippen molar-refractivity contribution in [1.82, 2.24) is 10.2 Å². The van der Waals surface area contributed by atoms with E-state index >= 15 is 0 Å². The van der Waals surface area contributed by atoms with Crippen molar-refractivity contribution in [3.8, 4) is 0 Å². The summed E-state index contributed by atoms with van der Waals surface area (Å²) in [5.74, 6) is 0.434. The molecule has 2 amide bonds. The second kappa shape index (κ2) is 7.28. The molecule has 1 N–H and O–H groups in total. The summed E-state index contributed by atoms with van der Waals surface area (Å²) in [6.45, 7) is 9.98. The van der Waals surface area contributed by atoms with Gasteiger partial charge in [-0.15, -0.1) is 0 Å². The maximum Gasteiger partial charge on any atom is 0.312 e. The summed E-state index contributed by atoms with van der Waals surface area (Å²) in [5.41, 5.74) is 0.0851. The van der Waals surface area contributed by atoms with Crippen LogP contribution in [0.1, 0.15) is 59.3 Å². The molecule has 4 fully saturated rings. The van der Waals surface area contributed by atoms with Crippen LogP contribution in [0.5, 0.6) is 0 Å². The van der Waals surface area contributed by atoms with E-state index in [1.807, 2.05) is 13.8 Å². The van der Waals surface area contributed by atoms with E-state index in [0.29, 0.717) is 31.3 Å². The number of hydrogen-bond donors (Lipinski definition) is 1. The molecule has 6 nitrogen and oxygen atoms in total. The van der Waals surface area contributed by atoms with Gasteiger partial charge in [-0.3, -0.25) is 14.4 Å². The SMILES string of the molecule is C=C(C)CN(CC)C(=O)COC(=O)C12C[C@H]3C[C@@H](CC(NC(C)=O)(C3)C1)C2. The summed E-state index contributed by atoms with van der Waals surface area (Å²) in [5, 5.41) is 3.15. The third-order valence-electron chi connectivity index (χ3n) is 6.46.